The Bertz CT molecular complexity index is 887. The minimum Gasteiger partial charge on any atom is -0.326 e. The molecule has 25 heavy (non-hydrogen) atoms. The van der Waals surface area contributed by atoms with Crippen LogP contribution in [0.25, 0.3) is 0 Å². The monoisotopic (exact) mass is 353 g/mol. The molecule has 0 aliphatic carbocycles. The van der Waals surface area contributed by atoms with E-state index in [-0.39, 0.29) is 11.7 Å². The fourth-order valence-corrected chi connectivity index (χ4v) is 2.78. The van der Waals surface area contributed by atoms with Crippen molar-refractivity contribution in [1.82, 2.24) is 4.98 Å². The van der Waals surface area contributed by atoms with E-state index in [9.17, 15) is 9.18 Å². The minimum absolute atomic E-state index is 0.219. The molecule has 0 saturated heterocycles. The Kier molecular flexibility index (Phi) is 5.30. The number of pyridine rings is 1. The molecule has 0 fully saturated rings. The number of carbonyl (C=O) groups is 1. The van der Waals surface area contributed by atoms with Crippen LogP contribution in [-0.2, 0) is 0 Å². The Balaban J connectivity index is 1.66. The van der Waals surface area contributed by atoms with Crippen molar-refractivity contribution >= 4 is 29.2 Å². The van der Waals surface area contributed by atoms with Crippen LogP contribution in [0.5, 0.6) is 0 Å². The highest BCUT2D eigenvalue weighted by molar-refractivity contribution is 8.00. The lowest BCUT2D eigenvalue weighted by atomic mass is 10.2. The maximum Gasteiger partial charge on any atom is 0.255 e. The number of rotatable bonds is 5. The summed E-state index contributed by atoms with van der Waals surface area (Å²) in [6.45, 7) is 1.72. The van der Waals surface area contributed by atoms with Crippen LogP contribution in [0.4, 0.5) is 15.8 Å². The third-order valence-corrected chi connectivity index (χ3v) is 4.30. The summed E-state index contributed by atoms with van der Waals surface area (Å²) in [7, 11) is 0. The molecule has 0 saturated carbocycles. The average molecular weight is 353 g/mol. The molecule has 0 unspecified atom stereocenters. The number of nitrogens with zero attached hydrogens (tertiary/aromatic N) is 1. The molecule has 0 atom stereocenters. The Morgan fingerprint density at radius 1 is 1.08 bits per heavy atom. The summed E-state index contributed by atoms with van der Waals surface area (Å²) < 4.78 is 16.7. The van der Waals surface area contributed by atoms with Crippen LogP contribution in [-0.4, -0.2) is 10.9 Å². The fourth-order valence-electron chi connectivity index (χ4n) is 2.12. The lowest BCUT2D eigenvalue weighted by molar-refractivity contribution is 0.102. The summed E-state index contributed by atoms with van der Waals surface area (Å²) in [5.41, 5.74) is 2.52. The van der Waals surface area contributed by atoms with Crippen LogP contribution < -0.4 is 10.0 Å². The first kappa shape index (κ1) is 17.0. The SMILES string of the molecule is Cc1ccc(SNc2cccc(C(=O)Nc3cccnc3)c2)cc1F. The molecule has 126 valence electrons. The standard InChI is InChI=1S/C19H16FN3OS/c1-13-7-8-17(11-18(13)20)25-23-15-5-2-4-14(10-15)19(24)22-16-6-3-9-21-12-16/h2-12,23H,1H3,(H,22,24). The zero-order chi connectivity index (χ0) is 17.6. The van der Waals surface area contributed by atoms with Gasteiger partial charge in [0.05, 0.1) is 11.9 Å². The van der Waals surface area contributed by atoms with Gasteiger partial charge in [0.2, 0.25) is 0 Å². The molecule has 4 nitrogen and oxygen atoms in total. The van der Waals surface area contributed by atoms with Crippen LogP contribution in [0.2, 0.25) is 0 Å². The molecular formula is C19H16FN3OS. The number of amides is 1. The van der Waals surface area contributed by atoms with Gasteiger partial charge in [-0.25, -0.2) is 4.39 Å². The van der Waals surface area contributed by atoms with Gasteiger partial charge >= 0.3 is 0 Å². The Morgan fingerprint density at radius 2 is 1.92 bits per heavy atom. The molecular weight excluding hydrogens is 337 g/mol. The molecule has 3 aromatic rings. The van der Waals surface area contributed by atoms with E-state index in [2.05, 4.69) is 15.0 Å². The summed E-state index contributed by atoms with van der Waals surface area (Å²) >= 11 is 1.29. The van der Waals surface area contributed by atoms with Gasteiger partial charge in [-0.1, -0.05) is 12.1 Å². The maximum absolute atomic E-state index is 13.6. The fraction of sp³-hybridized carbons (Fsp3) is 0.0526. The predicted octanol–water partition coefficient (Wildman–Crippen LogP) is 4.90. The van der Waals surface area contributed by atoms with Gasteiger partial charge in [0, 0.05) is 22.3 Å². The van der Waals surface area contributed by atoms with Gasteiger partial charge in [-0.2, -0.15) is 0 Å². The first-order chi connectivity index (χ1) is 12.1. The largest absolute Gasteiger partial charge is 0.326 e. The lowest BCUT2D eigenvalue weighted by Crippen LogP contribution is -2.12. The number of carbonyl (C=O) groups excluding carboxylic acids is 1. The number of aromatic nitrogens is 1. The summed E-state index contributed by atoms with van der Waals surface area (Å²) in [4.78, 5) is 17.0. The second-order valence-corrected chi connectivity index (χ2v) is 6.27. The van der Waals surface area contributed by atoms with Crippen molar-refractivity contribution in [3.8, 4) is 0 Å². The predicted molar refractivity (Wildman–Crippen MR) is 99.2 cm³/mol. The molecule has 0 spiro atoms. The first-order valence-electron chi connectivity index (χ1n) is 7.62. The van der Waals surface area contributed by atoms with Crippen molar-refractivity contribution in [2.75, 3.05) is 10.0 Å². The second kappa shape index (κ2) is 7.81. The van der Waals surface area contributed by atoms with Gasteiger partial charge in [-0.05, 0) is 66.9 Å². The quantitative estimate of drug-likeness (QED) is 0.641. The van der Waals surface area contributed by atoms with Crippen molar-refractivity contribution < 1.29 is 9.18 Å². The van der Waals surface area contributed by atoms with Gasteiger partial charge in [-0.15, -0.1) is 0 Å². The molecule has 2 aromatic carbocycles. The van der Waals surface area contributed by atoms with E-state index >= 15 is 0 Å². The van der Waals surface area contributed by atoms with E-state index in [1.54, 1.807) is 55.7 Å². The molecule has 0 bridgehead atoms. The van der Waals surface area contributed by atoms with Crippen molar-refractivity contribution in [2.45, 2.75) is 11.8 Å². The summed E-state index contributed by atoms with van der Waals surface area (Å²) in [5.74, 6) is -0.459. The summed E-state index contributed by atoms with van der Waals surface area (Å²) in [6.07, 6.45) is 3.23. The Morgan fingerprint density at radius 3 is 2.68 bits per heavy atom. The van der Waals surface area contributed by atoms with Gasteiger partial charge in [-0.3, -0.25) is 9.78 Å². The number of aryl methyl sites for hydroxylation is 1. The molecule has 1 heterocycles. The van der Waals surface area contributed by atoms with Crippen LogP contribution in [0, 0.1) is 12.7 Å². The highest BCUT2D eigenvalue weighted by Gasteiger charge is 2.07. The van der Waals surface area contributed by atoms with Crippen LogP contribution in [0.15, 0.2) is 71.9 Å². The molecule has 0 aliphatic heterocycles. The van der Waals surface area contributed by atoms with Gasteiger partial charge in [0.25, 0.3) is 5.91 Å². The van der Waals surface area contributed by atoms with Crippen LogP contribution >= 0.6 is 11.9 Å². The maximum atomic E-state index is 13.6. The van der Waals surface area contributed by atoms with E-state index < -0.39 is 0 Å². The molecule has 0 aliphatic rings. The Labute approximate surface area is 149 Å². The van der Waals surface area contributed by atoms with Gasteiger partial charge < -0.3 is 10.0 Å². The molecule has 1 aromatic heterocycles. The van der Waals surface area contributed by atoms with Crippen molar-refractivity contribution in [2.24, 2.45) is 0 Å². The van der Waals surface area contributed by atoms with Crippen molar-refractivity contribution in [3.63, 3.8) is 0 Å². The van der Waals surface area contributed by atoms with Crippen molar-refractivity contribution in [1.29, 1.82) is 0 Å². The number of halogens is 1. The minimum atomic E-state index is -0.239. The third kappa shape index (κ3) is 4.58. The number of hydrogen-bond acceptors (Lipinski definition) is 4. The van der Waals surface area contributed by atoms with Gasteiger partial charge in [0.1, 0.15) is 5.82 Å². The number of benzene rings is 2. The van der Waals surface area contributed by atoms with Crippen molar-refractivity contribution in [3.05, 3.63) is 83.9 Å². The highest BCUT2D eigenvalue weighted by Crippen LogP contribution is 2.23. The third-order valence-electron chi connectivity index (χ3n) is 3.47. The zero-order valence-corrected chi connectivity index (χ0v) is 14.3. The number of anilines is 2. The van der Waals surface area contributed by atoms with E-state index in [1.807, 2.05) is 12.1 Å². The van der Waals surface area contributed by atoms with Gasteiger partial charge in [0.15, 0.2) is 0 Å². The number of hydrogen-bond donors (Lipinski definition) is 2. The summed E-state index contributed by atoms with van der Waals surface area (Å²) in [5, 5.41) is 2.79. The molecule has 6 heteroatoms. The first-order valence-corrected chi connectivity index (χ1v) is 8.44. The summed E-state index contributed by atoms with van der Waals surface area (Å²) in [6, 6.07) is 15.7. The van der Waals surface area contributed by atoms with E-state index in [1.165, 1.54) is 18.0 Å². The number of nitrogens with one attached hydrogen (secondary N) is 2. The van der Waals surface area contributed by atoms with Crippen LogP contribution in [0.3, 0.4) is 0 Å². The second-order valence-electron chi connectivity index (χ2n) is 5.39. The Hall–Kier alpha value is -2.86. The zero-order valence-electron chi connectivity index (χ0n) is 13.5. The molecule has 3 rings (SSSR count). The van der Waals surface area contributed by atoms with Crippen LogP contribution in [0.1, 0.15) is 15.9 Å². The van der Waals surface area contributed by atoms with E-state index in [4.69, 9.17) is 0 Å². The molecule has 1 amide bonds. The van der Waals surface area contributed by atoms with E-state index in [0.717, 1.165) is 10.6 Å². The average Bonchev–Trinajstić information content (AvgIpc) is 2.64. The molecule has 0 radical (unpaired) electrons. The highest BCUT2D eigenvalue weighted by atomic mass is 32.2. The smallest absolute Gasteiger partial charge is 0.255 e. The topological polar surface area (TPSA) is 54.0 Å². The van der Waals surface area contributed by atoms with E-state index in [0.29, 0.717) is 16.8 Å². The molecule has 2 N–H and O–H groups in total. The lowest BCUT2D eigenvalue weighted by Gasteiger charge is -2.09. The normalized spacial score (nSPS) is 10.3.